The van der Waals surface area contributed by atoms with Crippen molar-refractivity contribution in [1.82, 2.24) is 10.2 Å². The number of carbonyl (C=O) groups excluding carboxylic acids is 3. The number of imide groups is 1. The zero-order valence-corrected chi connectivity index (χ0v) is 9.53. The molecule has 1 fully saturated rings. The molecule has 1 rings (SSSR count). The summed E-state index contributed by atoms with van der Waals surface area (Å²) in [6.07, 6.45) is 1.39. The SMILES string of the molecule is CCC[C@H](N)C(=O)NC1CC(=O)N(C)C1=O. The van der Waals surface area contributed by atoms with Gasteiger partial charge in [-0.2, -0.15) is 0 Å². The van der Waals surface area contributed by atoms with Gasteiger partial charge in [-0.25, -0.2) is 0 Å². The Morgan fingerprint density at radius 2 is 2.25 bits per heavy atom. The minimum atomic E-state index is -0.743. The first-order valence-corrected chi connectivity index (χ1v) is 5.33. The Morgan fingerprint density at radius 3 is 2.69 bits per heavy atom. The van der Waals surface area contributed by atoms with Gasteiger partial charge in [-0.1, -0.05) is 13.3 Å². The largest absolute Gasteiger partial charge is 0.342 e. The summed E-state index contributed by atoms with van der Waals surface area (Å²) in [7, 11) is 1.41. The van der Waals surface area contributed by atoms with Gasteiger partial charge < -0.3 is 11.1 Å². The maximum Gasteiger partial charge on any atom is 0.252 e. The minimum Gasteiger partial charge on any atom is -0.342 e. The molecule has 0 aliphatic carbocycles. The second-order valence-electron chi connectivity index (χ2n) is 3.95. The van der Waals surface area contributed by atoms with Gasteiger partial charge in [0.1, 0.15) is 6.04 Å². The Balaban J connectivity index is 2.53. The zero-order valence-electron chi connectivity index (χ0n) is 9.53. The van der Waals surface area contributed by atoms with Gasteiger partial charge in [0, 0.05) is 7.05 Å². The third-order valence-electron chi connectivity index (χ3n) is 2.63. The predicted molar refractivity (Wildman–Crippen MR) is 57.2 cm³/mol. The Hall–Kier alpha value is -1.43. The molecule has 0 aromatic heterocycles. The molecule has 1 saturated heterocycles. The van der Waals surface area contributed by atoms with Gasteiger partial charge in [-0.3, -0.25) is 19.3 Å². The number of amides is 3. The van der Waals surface area contributed by atoms with Crippen LogP contribution in [-0.4, -0.2) is 41.8 Å². The highest BCUT2D eigenvalue weighted by molar-refractivity contribution is 6.06. The molecule has 1 aliphatic heterocycles. The van der Waals surface area contributed by atoms with Crippen molar-refractivity contribution in [2.24, 2.45) is 5.73 Å². The molecule has 1 aliphatic rings. The van der Waals surface area contributed by atoms with E-state index < -0.39 is 12.1 Å². The molecule has 3 amide bonds. The normalized spacial score (nSPS) is 22.4. The molecule has 16 heavy (non-hydrogen) atoms. The summed E-state index contributed by atoms with van der Waals surface area (Å²) >= 11 is 0. The van der Waals surface area contributed by atoms with Crippen LogP contribution in [0.2, 0.25) is 0 Å². The molecule has 0 bridgehead atoms. The average Bonchev–Trinajstić information content (AvgIpc) is 2.47. The van der Waals surface area contributed by atoms with Crippen molar-refractivity contribution in [3.63, 3.8) is 0 Å². The Bertz CT molecular complexity index is 316. The van der Waals surface area contributed by atoms with Crippen molar-refractivity contribution in [2.45, 2.75) is 38.3 Å². The monoisotopic (exact) mass is 227 g/mol. The van der Waals surface area contributed by atoms with Crippen molar-refractivity contribution >= 4 is 17.7 Å². The third-order valence-corrected chi connectivity index (χ3v) is 2.63. The minimum absolute atomic E-state index is 0.0277. The molecular weight excluding hydrogens is 210 g/mol. The van der Waals surface area contributed by atoms with Gasteiger partial charge in [0.2, 0.25) is 11.8 Å². The number of likely N-dealkylation sites (tertiary alicyclic amines) is 1. The fourth-order valence-corrected chi connectivity index (χ4v) is 1.59. The van der Waals surface area contributed by atoms with Gasteiger partial charge in [0.05, 0.1) is 12.5 Å². The first kappa shape index (κ1) is 12.6. The van der Waals surface area contributed by atoms with Gasteiger partial charge in [-0.15, -0.1) is 0 Å². The van der Waals surface area contributed by atoms with Gasteiger partial charge >= 0.3 is 0 Å². The number of likely N-dealkylation sites (N-methyl/N-ethyl adjacent to an activating group) is 1. The van der Waals surface area contributed by atoms with Gasteiger partial charge in [0.25, 0.3) is 5.91 Å². The lowest BCUT2D eigenvalue weighted by atomic mass is 10.1. The van der Waals surface area contributed by atoms with E-state index in [4.69, 9.17) is 5.73 Å². The van der Waals surface area contributed by atoms with Crippen LogP contribution in [0, 0.1) is 0 Å². The van der Waals surface area contributed by atoms with Crippen LogP contribution in [0.5, 0.6) is 0 Å². The fourth-order valence-electron chi connectivity index (χ4n) is 1.59. The van der Waals surface area contributed by atoms with Gasteiger partial charge in [-0.05, 0) is 6.42 Å². The maximum absolute atomic E-state index is 11.5. The summed E-state index contributed by atoms with van der Waals surface area (Å²) in [5.41, 5.74) is 5.60. The van der Waals surface area contributed by atoms with Crippen LogP contribution in [-0.2, 0) is 14.4 Å². The maximum atomic E-state index is 11.5. The number of rotatable bonds is 4. The second-order valence-corrected chi connectivity index (χ2v) is 3.95. The molecule has 0 aromatic rings. The molecular formula is C10H17N3O3. The van der Waals surface area contributed by atoms with E-state index in [2.05, 4.69) is 5.32 Å². The van der Waals surface area contributed by atoms with Crippen LogP contribution >= 0.6 is 0 Å². The van der Waals surface area contributed by atoms with E-state index in [9.17, 15) is 14.4 Å². The molecule has 1 heterocycles. The molecule has 90 valence electrons. The van der Waals surface area contributed by atoms with Crippen LogP contribution in [0.4, 0.5) is 0 Å². The average molecular weight is 227 g/mol. The Morgan fingerprint density at radius 1 is 1.62 bits per heavy atom. The molecule has 6 nitrogen and oxygen atoms in total. The van der Waals surface area contributed by atoms with E-state index in [0.29, 0.717) is 6.42 Å². The molecule has 3 N–H and O–H groups in total. The van der Waals surface area contributed by atoms with E-state index in [1.165, 1.54) is 7.05 Å². The lowest BCUT2D eigenvalue weighted by Gasteiger charge is -2.14. The molecule has 1 unspecified atom stereocenters. The number of hydrogen-bond donors (Lipinski definition) is 2. The fraction of sp³-hybridized carbons (Fsp3) is 0.700. The molecule has 0 radical (unpaired) electrons. The smallest absolute Gasteiger partial charge is 0.252 e. The summed E-state index contributed by atoms with van der Waals surface area (Å²) in [6, 6.07) is -1.35. The van der Waals surface area contributed by atoms with Crippen LogP contribution in [0.1, 0.15) is 26.2 Å². The van der Waals surface area contributed by atoms with Crippen molar-refractivity contribution in [3.8, 4) is 0 Å². The number of nitrogens with one attached hydrogen (secondary N) is 1. The van der Waals surface area contributed by atoms with Crippen molar-refractivity contribution in [2.75, 3.05) is 7.05 Å². The number of nitrogens with zero attached hydrogens (tertiary/aromatic N) is 1. The van der Waals surface area contributed by atoms with Crippen molar-refractivity contribution in [1.29, 1.82) is 0 Å². The molecule has 0 spiro atoms. The Labute approximate surface area is 94.2 Å². The first-order valence-electron chi connectivity index (χ1n) is 5.33. The van der Waals surface area contributed by atoms with Crippen LogP contribution in [0.3, 0.4) is 0 Å². The Kier molecular flexibility index (Phi) is 4.00. The molecule has 6 heteroatoms. The highest BCUT2D eigenvalue weighted by atomic mass is 16.2. The van der Waals surface area contributed by atoms with Crippen LogP contribution in [0.25, 0.3) is 0 Å². The number of nitrogens with two attached hydrogens (primary N) is 1. The van der Waals surface area contributed by atoms with E-state index in [1.54, 1.807) is 0 Å². The second kappa shape index (κ2) is 5.07. The number of hydrogen-bond acceptors (Lipinski definition) is 4. The van der Waals surface area contributed by atoms with E-state index in [1.807, 2.05) is 6.92 Å². The van der Waals surface area contributed by atoms with Gasteiger partial charge in [0.15, 0.2) is 0 Å². The first-order chi connectivity index (χ1) is 7.47. The molecule has 0 saturated carbocycles. The molecule has 2 atom stereocenters. The standard InChI is InChI=1S/C10H17N3O3/c1-3-4-6(11)9(15)12-7-5-8(14)13(2)10(7)16/h6-7H,3-5,11H2,1-2H3,(H,12,15)/t6-,7?/m0/s1. The third kappa shape index (κ3) is 2.57. The summed E-state index contributed by atoms with van der Waals surface area (Å²) in [4.78, 5) is 35.2. The summed E-state index contributed by atoms with van der Waals surface area (Å²) < 4.78 is 0. The summed E-state index contributed by atoms with van der Waals surface area (Å²) in [5, 5.41) is 2.50. The predicted octanol–water partition coefficient (Wildman–Crippen LogP) is -1.01. The van der Waals surface area contributed by atoms with E-state index >= 15 is 0 Å². The topological polar surface area (TPSA) is 92.5 Å². The highest BCUT2D eigenvalue weighted by Crippen LogP contribution is 2.10. The van der Waals surface area contributed by atoms with Crippen molar-refractivity contribution in [3.05, 3.63) is 0 Å². The van der Waals surface area contributed by atoms with Crippen LogP contribution in [0.15, 0.2) is 0 Å². The van der Waals surface area contributed by atoms with E-state index in [-0.39, 0.29) is 24.1 Å². The lowest BCUT2D eigenvalue weighted by Crippen LogP contribution is -2.47. The van der Waals surface area contributed by atoms with E-state index in [0.717, 1.165) is 11.3 Å². The number of carbonyl (C=O) groups is 3. The summed E-state index contributed by atoms with van der Waals surface area (Å²) in [6.45, 7) is 1.92. The zero-order chi connectivity index (χ0) is 12.3. The lowest BCUT2D eigenvalue weighted by molar-refractivity contribution is -0.138. The molecule has 0 aromatic carbocycles. The quantitative estimate of drug-likeness (QED) is 0.602. The summed E-state index contributed by atoms with van der Waals surface area (Å²) in [5.74, 6) is -1.02. The van der Waals surface area contributed by atoms with Crippen LogP contribution < -0.4 is 11.1 Å². The highest BCUT2D eigenvalue weighted by Gasteiger charge is 2.37. The van der Waals surface area contributed by atoms with Crippen molar-refractivity contribution < 1.29 is 14.4 Å².